The standard InChI is InChI=1S/C23H22ClN3O2/c24-15-6-5-7-16(14-15)27-21(28)26-13-10-18-17-8-1-2-9-19(17)25-20(18)22(26)11-3-4-12-23(22,27)29/h1-2,5-9,14,25,29H,3-4,10-13H2. The maximum Gasteiger partial charge on any atom is 0.327 e. The summed E-state index contributed by atoms with van der Waals surface area (Å²) in [7, 11) is 0. The molecule has 5 nitrogen and oxygen atoms in total. The lowest BCUT2D eigenvalue weighted by atomic mass is 9.69. The number of nitrogens with one attached hydrogen (secondary N) is 1. The van der Waals surface area contributed by atoms with E-state index < -0.39 is 11.3 Å². The van der Waals surface area contributed by atoms with E-state index in [1.165, 1.54) is 10.9 Å². The van der Waals surface area contributed by atoms with E-state index >= 15 is 0 Å². The van der Waals surface area contributed by atoms with Crippen LogP contribution in [0.4, 0.5) is 10.5 Å². The van der Waals surface area contributed by atoms with Gasteiger partial charge >= 0.3 is 6.03 Å². The monoisotopic (exact) mass is 407 g/mol. The summed E-state index contributed by atoms with van der Waals surface area (Å²) in [4.78, 5) is 20.8. The van der Waals surface area contributed by atoms with Crippen LogP contribution in [-0.2, 0) is 12.0 Å². The molecule has 0 bridgehead atoms. The molecular weight excluding hydrogens is 386 g/mol. The number of para-hydroxylation sites is 1. The second-order valence-corrected chi connectivity index (χ2v) is 8.84. The molecule has 2 aliphatic heterocycles. The molecule has 6 heteroatoms. The number of hydrogen-bond acceptors (Lipinski definition) is 2. The Morgan fingerprint density at radius 2 is 1.90 bits per heavy atom. The average molecular weight is 408 g/mol. The molecule has 1 saturated heterocycles. The number of hydrogen-bond donors (Lipinski definition) is 2. The summed E-state index contributed by atoms with van der Waals surface area (Å²) >= 11 is 6.24. The summed E-state index contributed by atoms with van der Waals surface area (Å²) in [6.45, 7) is 0.604. The highest BCUT2D eigenvalue weighted by molar-refractivity contribution is 6.31. The number of carbonyl (C=O) groups is 1. The highest BCUT2D eigenvalue weighted by atomic mass is 35.5. The first kappa shape index (κ1) is 17.4. The van der Waals surface area contributed by atoms with Crippen molar-refractivity contribution in [1.82, 2.24) is 9.88 Å². The van der Waals surface area contributed by atoms with Gasteiger partial charge in [0.1, 0.15) is 5.54 Å². The molecule has 0 radical (unpaired) electrons. The average Bonchev–Trinajstić information content (AvgIpc) is 3.19. The molecule has 2 aromatic carbocycles. The van der Waals surface area contributed by atoms with Gasteiger partial charge in [0, 0.05) is 28.2 Å². The number of halogens is 1. The molecule has 29 heavy (non-hydrogen) atoms. The number of nitrogens with zero attached hydrogens (tertiary/aromatic N) is 2. The van der Waals surface area contributed by atoms with Gasteiger partial charge in [-0.15, -0.1) is 0 Å². The molecular formula is C23H22ClN3O2. The molecule has 1 aromatic heterocycles. The Morgan fingerprint density at radius 3 is 2.76 bits per heavy atom. The number of aliphatic hydroxyl groups is 1. The summed E-state index contributed by atoms with van der Waals surface area (Å²) in [5.41, 5.74) is 1.87. The Kier molecular flexibility index (Phi) is 3.46. The van der Waals surface area contributed by atoms with Crippen LogP contribution in [0.3, 0.4) is 0 Å². The number of benzene rings is 2. The van der Waals surface area contributed by atoms with Gasteiger partial charge in [0.15, 0.2) is 5.72 Å². The van der Waals surface area contributed by atoms with E-state index in [1.54, 1.807) is 17.0 Å². The zero-order chi connectivity index (χ0) is 19.8. The number of amides is 2. The molecule has 2 amide bonds. The van der Waals surface area contributed by atoms with Crippen molar-refractivity contribution in [3.8, 4) is 0 Å². The predicted octanol–water partition coefficient (Wildman–Crippen LogP) is 4.78. The molecule has 2 fully saturated rings. The molecule has 2 atom stereocenters. The minimum Gasteiger partial charge on any atom is -0.368 e. The lowest BCUT2D eigenvalue weighted by molar-refractivity contribution is -0.0986. The fraction of sp³-hybridized carbons (Fsp3) is 0.348. The van der Waals surface area contributed by atoms with Gasteiger partial charge in [-0.2, -0.15) is 0 Å². The summed E-state index contributed by atoms with van der Waals surface area (Å²) in [6.07, 6.45) is 3.92. The highest BCUT2D eigenvalue weighted by Gasteiger charge is 2.70. The highest BCUT2D eigenvalue weighted by Crippen LogP contribution is 2.59. The smallest absolute Gasteiger partial charge is 0.327 e. The zero-order valence-electron chi connectivity index (χ0n) is 16.0. The molecule has 3 heterocycles. The number of aromatic nitrogens is 1. The minimum atomic E-state index is -1.32. The van der Waals surface area contributed by atoms with Crippen molar-refractivity contribution in [3.05, 3.63) is 64.8 Å². The Morgan fingerprint density at radius 1 is 1.07 bits per heavy atom. The van der Waals surface area contributed by atoms with Crippen molar-refractivity contribution in [2.75, 3.05) is 11.4 Å². The fourth-order valence-electron chi connectivity index (χ4n) is 5.97. The lowest BCUT2D eigenvalue weighted by Gasteiger charge is -2.51. The van der Waals surface area contributed by atoms with Crippen molar-refractivity contribution in [2.24, 2.45) is 0 Å². The number of H-pyrrole nitrogens is 1. The maximum atomic E-state index is 13.7. The second-order valence-electron chi connectivity index (χ2n) is 8.41. The van der Waals surface area contributed by atoms with Gasteiger partial charge in [-0.05, 0) is 55.5 Å². The third-order valence-corrected chi connectivity index (χ3v) is 7.34. The normalized spacial score (nSPS) is 28.4. The molecule has 1 spiro atoms. The Hall–Kier alpha value is -2.50. The van der Waals surface area contributed by atoms with Gasteiger partial charge in [0.25, 0.3) is 0 Å². The SMILES string of the molecule is O=C1N(c2cccc(Cl)c2)C2(O)CCCCC23c2[nH]c4ccccc4c2CCN13. The first-order chi connectivity index (χ1) is 14.1. The summed E-state index contributed by atoms with van der Waals surface area (Å²) in [6, 6.07) is 15.4. The van der Waals surface area contributed by atoms with Crippen LogP contribution in [0.15, 0.2) is 48.5 Å². The van der Waals surface area contributed by atoms with Crippen LogP contribution < -0.4 is 4.90 Å². The van der Waals surface area contributed by atoms with E-state index in [1.807, 2.05) is 29.2 Å². The van der Waals surface area contributed by atoms with Crippen LogP contribution in [0.25, 0.3) is 10.9 Å². The number of urea groups is 1. The quantitative estimate of drug-likeness (QED) is 0.610. The minimum absolute atomic E-state index is 0.138. The molecule has 1 saturated carbocycles. The number of carbonyl (C=O) groups excluding carboxylic acids is 1. The van der Waals surface area contributed by atoms with Gasteiger partial charge in [-0.1, -0.05) is 42.3 Å². The predicted molar refractivity (Wildman–Crippen MR) is 113 cm³/mol. The van der Waals surface area contributed by atoms with Crippen molar-refractivity contribution >= 4 is 34.2 Å². The molecule has 3 aromatic rings. The van der Waals surface area contributed by atoms with E-state index in [2.05, 4.69) is 17.1 Å². The molecule has 2 unspecified atom stereocenters. The Labute approximate surface area is 173 Å². The third kappa shape index (κ3) is 2.02. The van der Waals surface area contributed by atoms with Crippen LogP contribution in [0.2, 0.25) is 5.02 Å². The number of aromatic amines is 1. The summed E-state index contributed by atoms with van der Waals surface area (Å²) in [5.74, 6) is 0. The fourth-order valence-corrected chi connectivity index (χ4v) is 6.16. The first-order valence-electron chi connectivity index (χ1n) is 10.3. The van der Waals surface area contributed by atoms with Crippen LogP contribution in [0.5, 0.6) is 0 Å². The van der Waals surface area contributed by atoms with Gasteiger partial charge in [0.05, 0.1) is 5.69 Å². The van der Waals surface area contributed by atoms with Crippen molar-refractivity contribution in [1.29, 1.82) is 0 Å². The summed E-state index contributed by atoms with van der Waals surface area (Å²) < 4.78 is 0. The summed E-state index contributed by atoms with van der Waals surface area (Å²) in [5, 5.41) is 14.0. The molecule has 2 N–H and O–H groups in total. The van der Waals surface area contributed by atoms with Crippen molar-refractivity contribution in [3.63, 3.8) is 0 Å². The number of anilines is 1. The van der Waals surface area contributed by atoms with Gasteiger partial charge < -0.3 is 15.0 Å². The number of fused-ring (bicyclic) bond motifs is 3. The molecule has 6 rings (SSSR count). The third-order valence-electron chi connectivity index (χ3n) is 7.11. The van der Waals surface area contributed by atoms with E-state index in [0.717, 1.165) is 36.9 Å². The second kappa shape index (κ2) is 5.77. The van der Waals surface area contributed by atoms with E-state index in [9.17, 15) is 9.90 Å². The van der Waals surface area contributed by atoms with E-state index in [-0.39, 0.29) is 6.03 Å². The lowest BCUT2D eigenvalue weighted by Crippen LogP contribution is -2.63. The molecule has 3 aliphatic rings. The van der Waals surface area contributed by atoms with Crippen LogP contribution in [0.1, 0.15) is 36.9 Å². The maximum absolute atomic E-state index is 13.7. The van der Waals surface area contributed by atoms with Crippen LogP contribution in [0, 0.1) is 0 Å². The van der Waals surface area contributed by atoms with Crippen molar-refractivity contribution in [2.45, 2.75) is 43.4 Å². The largest absolute Gasteiger partial charge is 0.368 e. The molecule has 148 valence electrons. The van der Waals surface area contributed by atoms with Crippen LogP contribution in [-0.4, -0.2) is 33.3 Å². The topological polar surface area (TPSA) is 59.6 Å². The zero-order valence-corrected chi connectivity index (χ0v) is 16.7. The first-order valence-corrected chi connectivity index (χ1v) is 10.6. The van der Waals surface area contributed by atoms with E-state index in [4.69, 9.17) is 11.6 Å². The number of rotatable bonds is 1. The Bertz CT molecular complexity index is 1160. The van der Waals surface area contributed by atoms with Gasteiger partial charge in [0.2, 0.25) is 0 Å². The van der Waals surface area contributed by atoms with Crippen molar-refractivity contribution < 1.29 is 9.90 Å². The van der Waals surface area contributed by atoms with E-state index in [0.29, 0.717) is 23.7 Å². The Balaban J connectivity index is 1.63. The van der Waals surface area contributed by atoms with Gasteiger partial charge in [-0.25, -0.2) is 4.79 Å². The van der Waals surface area contributed by atoms with Crippen LogP contribution >= 0.6 is 11.6 Å². The molecule has 1 aliphatic carbocycles. The van der Waals surface area contributed by atoms with Gasteiger partial charge in [-0.3, -0.25) is 4.90 Å².